The van der Waals surface area contributed by atoms with Crippen LogP contribution in [-0.4, -0.2) is 0 Å². The highest BCUT2D eigenvalue weighted by Crippen LogP contribution is 2.20. The first-order valence-electron chi connectivity index (χ1n) is 3.56. The Morgan fingerprint density at radius 2 is 2.25 bits per heavy atom. The van der Waals surface area contributed by atoms with E-state index in [-0.39, 0.29) is 11.9 Å². The van der Waals surface area contributed by atoms with Crippen molar-refractivity contribution in [3.05, 3.63) is 34.6 Å². The van der Waals surface area contributed by atoms with Gasteiger partial charge in [0, 0.05) is 16.6 Å². The first-order valence-corrected chi connectivity index (χ1v) is 3.94. The van der Waals surface area contributed by atoms with Crippen molar-refractivity contribution < 1.29 is 4.39 Å². The lowest BCUT2D eigenvalue weighted by atomic mass is 10.1. The van der Waals surface area contributed by atoms with E-state index in [1.807, 2.05) is 0 Å². The molecule has 2 nitrogen and oxygen atoms in total. The second kappa shape index (κ2) is 3.85. The summed E-state index contributed by atoms with van der Waals surface area (Å²) in [6.07, 6.45) is 0. The maximum Gasteiger partial charge on any atom is 0.128 e. The van der Waals surface area contributed by atoms with E-state index >= 15 is 0 Å². The quantitative estimate of drug-likeness (QED) is 0.551. The predicted molar refractivity (Wildman–Crippen MR) is 47.1 cm³/mol. The lowest BCUT2D eigenvalue weighted by Crippen LogP contribution is -2.26. The van der Waals surface area contributed by atoms with Crippen LogP contribution in [0.2, 0.25) is 5.02 Å². The van der Waals surface area contributed by atoms with E-state index in [4.69, 9.17) is 17.4 Å². The number of hydrazine groups is 1. The molecule has 0 saturated carbocycles. The molecule has 1 aromatic rings. The van der Waals surface area contributed by atoms with Gasteiger partial charge in [-0.2, -0.15) is 0 Å². The number of benzene rings is 1. The Hall–Kier alpha value is -0.640. The van der Waals surface area contributed by atoms with Gasteiger partial charge in [0.1, 0.15) is 5.82 Å². The molecule has 0 aliphatic heterocycles. The van der Waals surface area contributed by atoms with Crippen LogP contribution >= 0.6 is 11.6 Å². The van der Waals surface area contributed by atoms with Crippen molar-refractivity contribution in [3.63, 3.8) is 0 Å². The van der Waals surface area contributed by atoms with Crippen LogP contribution in [-0.2, 0) is 0 Å². The van der Waals surface area contributed by atoms with Gasteiger partial charge in [-0.05, 0) is 25.1 Å². The average molecular weight is 189 g/mol. The molecule has 1 rings (SSSR count). The SMILES string of the molecule is CC(NN)c1cc(Cl)ccc1F. The molecule has 3 N–H and O–H groups in total. The molecule has 0 aromatic heterocycles. The van der Waals surface area contributed by atoms with Crippen LogP contribution in [0.3, 0.4) is 0 Å². The third-order valence-electron chi connectivity index (χ3n) is 1.67. The zero-order valence-electron chi connectivity index (χ0n) is 6.64. The summed E-state index contributed by atoms with van der Waals surface area (Å²) in [6.45, 7) is 1.76. The van der Waals surface area contributed by atoms with E-state index < -0.39 is 0 Å². The number of hydrogen-bond acceptors (Lipinski definition) is 2. The average Bonchev–Trinajstić information content (AvgIpc) is 2.08. The molecule has 66 valence electrons. The normalized spacial score (nSPS) is 13.0. The summed E-state index contributed by atoms with van der Waals surface area (Å²) in [7, 11) is 0. The summed E-state index contributed by atoms with van der Waals surface area (Å²) >= 11 is 5.68. The minimum atomic E-state index is -0.301. The maximum atomic E-state index is 13.1. The maximum absolute atomic E-state index is 13.1. The van der Waals surface area contributed by atoms with Crippen LogP contribution in [0.1, 0.15) is 18.5 Å². The van der Waals surface area contributed by atoms with Crippen LogP contribution in [0.5, 0.6) is 0 Å². The number of hydrogen-bond donors (Lipinski definition) is 2. The summed E-state index contributed by atoms with van der Waals surface area (Å²) in [4.78, 5) is 0. The van der Waals surface area contributed by atoms with Gasteiger partial charge in [0.2, 0.25) is 0 Å². The molecule has 1 atom stereocenters. The molecule has 4 heteroatoms. The molecule has 1 unspecified atom stereocenters. The van der Waals surface area contributed by atoms with Gasteiger partial charge in [0.15, 0.2) is 0 Å². The fraction of sp³-hybridized carbons (Fsp3) is 0.250. The minimum Gasteiger partial charge on any atom is -0.271 e. The highest BCUT2D eigenvalue weighted by atomic mass is 35.5. The molecular formula is C8H10ClFN2. The molecule has 0 bridgehead atoms. The molecule has 1 aromatic carbocycles. The van der Waals surface area contributed by atoms with Crippen molar-refractivity contribution in [2.45, 2.75) is 13.0 Å². The standard InChI is InChI=1S/C8H10ClFN2/c1-5(12-11)7-4-6(9)2-3-8(7)10/h2-5,12H,11H2,1H3. The fourth-order valence-electron chi connectivity index (χ4n) is 0.936. The lowest BCUT2D eigenvalue weighted by molar-refractivity contribution is 0.542. The van der Waals surface area contributed by atoms with Crippen molar-refractivity contribution in [2.75, 3.05) is 0 Å². The van der Waals surface area contributed by atoms with Gasteiger partial charge in [-0.3, -0.25) is 11.3 Å². The summed E-state index contributed by atoms with van der Waals surface area (Å²) in [5.41, 5.74) is 2.93. The van der Waals surface area contributed by atoms with Gasteiger partial charge < -0.3 is 0 Å². The number of rotatable bonds is 2. The predicted octanol–water partition coefficient (Wildman–Crippen LogP) is 2.00. The Bertz CT molecular complexity index is 278. The molecule has 0 spiro atoms. The lowest BCUT2D eigenvalue weighted by Gasteiger charge is -2.11. The largest absolute Gasteiger partial charge is 0.271 e. The third-order valence-corrected chi connectivity index (χ3v) is 1.91. The number of nitrogens with one attached hydrogen (secondary N) is 1. The molecule has 0 saturated heterocycles. The second-order valence-corrected chi connectivity index (χ2v) is 2.99. The van der Waals surface area contributed by atoms with E-state index in [9.17, 15) is 4.39 Å². The molecule has 0 aliphatic rings. The van der Waals surface area contributed by atoms with E-state index in [1.54, 1.807) is 13.0 Å². The van der Waals surface area contributed by atoms with Gasteiger partial charge in [-0.25, -0.2) is 4.39 Å². The second-order valence-electron chi connectivity index (χ2n) is 2.55. The topological polar surface area (TPSA) is 38.0 Å². The monoisotopic (exact) mass is 188 g/mol. The third kappa shape index (κ3) is 1.94. The summed E-state index contributed by atoms with van der Waals surface area (Å²) < 4.78 is 13.1. The summed E-state index contributed by atoms with van der Waals surface area (Å²) in [5.74, 6) is 4.86. The number of nitrogens with two attached hydrogens (primary N) is 1. The van der Waals surface area contributed by atoms with Crippen molar-refractivity contribution in [1.29, 1.82) is 0 Å². The van der Waals surface area contributed by atoms with Crippen molar-refractivity contribution in [3.8, 4) is 0 Å². The van der Waals surface area contributed by atoms with Gasteiger partial charge >= 0.3 is 0 Å². The van der Waals surface area contributed by atoms with Crippen LogP contribution < -0.4 is 11.3 Å². The highest BCUT2D eigenvalue weighted by Gasteiger charge is 2.08. The van der Waals surface area contributed by atoms with Gasteiger partial charge in [0.05, 0.1) is 0 Å². The Labute approximate surface area is 75.5 Å². The van der Waals surface area contributed by atoms with Gasteiger partial charge in [-0.1, -0.05) is 11.6 Å². The highest BCUT2D eigenvalue weighted by molar-refractivity contribution is 6.30. The number of halogens is 2. The Morgan fingerprint density at radius 3 is 2.83 bits per heavy atom. The van der Waals surface area contributed by atoms with Crippen LogP contribution in [0.25, 0.3) is 0 Å². The summed E-state index contributed by atoms with van der Waals surface area (Å²) in [6, 6.07) is 4.15. The van der Waals surface area contributed by atoms with Crippen molar-refractivity contribution >= 4 is 11.6 Å². The first-order chi connectivity index (χ1) is 5.65. The zero-order valence-corrected chi connectivity index (χ0v) is 7.40. The van der Waals surface area contributed by atoms with Crippen molar-refractivity contribution in [2.24, 2.45) is 5.84 Å². The molecule has 0 amide bonds. The fourth-order valence-corrected chi connectivity index (χ4v) is 1.12. The molecule has 0 aliphatic carbocycles. The van der Waals surface area contributed by atoms with E-state index in [2.05, 4.69) is 5.43 Å². The molecule has 0 heterocycles. The summed E-state index contributed by atoms with van der Waals surface area (Å²) in [5, 5.41) is 0.508. The Morgan fingerprint density at radius 1 is 1.58 bits per heavy atom. The van der Waals surface area contributed by atoms with E-state index in [0.29, 0.717) is 10.6 Å². The molecule has 12 heavy (non-hydrogen) atoms. The van der Waals surface area contributed by atoms with Crippen molar-refractivity contribution in [1.82, 2.24) is 5.43 Å². The first kappa shape index (κ1) is 9.45. The molecular weight excluding hydrogens is 179 g/mol. The van der Waals surface area contributed by atoms with E-state index in [0.717, 1.165) is 0 Å². The Kier molecular flexibility index (Phi) is 3.03. The minimum absolute atomic E-state index is 0.233. The van der Waals surface area contributed by atoms with Gasteiger partial charge in [0.25, 0.3) is 0 Å². The molecule has 0 radical (unpaired) electrons. The zero-order chi connectivity index (χ0) is 9.14. The Balaban J connectivity index is 3.04. The van der Waals surface area contributed by atoms with E-state index in [1.165, 1.54) is 12.1 Å². The van der Waals surface area contributed by atoms with Gasteiger partial charge in [-0.15, -0.1) is 0 Å². The van der Waals surface area contributed by atoms with Crippen LogP contribution in [0.15, 0.2) is 18.2 Å². The molecule has 0 fully saturated rings. The smallest absolute Gasteiger partial charge is 0.128 e. The van der Waals surface area contributed by atoms with Crippen LogP contribution in [0.4, 0.5) is 4.39 Å². The van der Waals surface area contributed by atoms with Crippen LogP contribution in [0, 0.1) is 5.82 Å².